The largest absolute Gasteiger partial charge is 0.417 e. The zero-order valence-corrected chi connectivity index (χ0v) is 20.6. The molecule has 1 aliphatic carbocycles. The van der Waals surface area contributed by atoms with Gasteiger partial charge in [0.1, 0.15) is 0 Å². The third-order valence-electron chi connectivity index (χ3n) is 7.78. The van der Waals surface area contributed by atoms with Crippen LogP contribution in [0.1, 0.15) is 42.4 Å². The van der Waals surface area contributed by atoms with Crippen LogP contribution in [0, 0.1) is 0 Å². The van der Waals surface area contributed by atoms with Crippen LogP contribution in [0.4, 0.5) is 18.9 Å². The van der Waals surface area contributed by atoms with Crippen molar-refractivity contribution in [1.29, 1.82) is 0 Å². The number of hydrogen-bond donors (Lipinski definition) is 0. The first-order valence-electron chi connectivity index (χ1n) is 12.5. The lowest BCUT2D eigenvalue weighted by atomic mass is 10.0. The van der Waals surface area contributed by atoms with Crippen LogP contribution < -0.4 is 4.90 Å². The lowest BCUT2D eigenvalue weighted by Crippen LogP contribution is -2.49. The molecule has 0 N–H and O–H groups in total. The molecule has 2 heterocycles. The molecule has 2 fully saturated rings. The molecule has 2 aromatic carbocycles. The number of hydrogen-bond acceptors (Lipinski definition) is 4. The molecule has 2 aliphatic heterocycles. The molecule has 0 aromatic heterocycles. The van der Waals surface area contributed by atoms with E-state index in [-0.39, 0.29) is 13.1 Å². The molecule has 0 radical (unpaired) electrons. The van der Waals surface area contributed by atoms with Crippen molar-refractivity contribution < 1.29 is 21.6 Å². The Balaban J connectivity index is 1.26. The average Bonchev–Trinajstić information content (AvgIpc) is 3.30. The Morgan fingerprint density at radius 3 is 2.14 bits per heavy atom. The minimum atomic E-state index is -4.72. The minimum absolute atomic E-state index is 0.154. The van der Waals surface area contributed by atoms with Crippen LogP contribution in [0.3, 0.4) is 0 Å². The van der Waals surface area contributed by atoms with Gasteiger partial charge in [-0.25, -0.2) is 8.42 Å². The number of piperazine rings is 1. The van der Waals surface area contributed by atoms with E-state index in [9.17, 15) is 21.6 Å². The Morgan fingerprint density at radius 1 is 0.800 bits per heavy atom. The summed E-state index contributed by atoms with van der Waals surface area (Å²) < 4.78 is 67.6. The van der Waals surface area contributed by atoms with Crippen molar-refractivity contribution in [3.05, 3.63) is 59.2 Å². The van der Waals surface area contributed by atoms with Gasteiger partial charge in [-0.1, -0.05) is 31.0 Å². The molecule has 0 spiro atoms. The first kappa shape index (κ1) is 24.6. The van der Waals surface area contributed by atoms with Gasteiger partial charge in [0.05, 0.1) is 10.5 Å². The van der Waals surface area contributed by atoms with E-state index >= 15 is 0 Å². The highest BCUT2D eigenvalue weighted by molar-refractivity contribution is 7.89. The number of anilines is 1. The maximum atomic E-state index is 13.4. The quantitative estimate of drug-likeness (QED) is 0.609. The molecule has 1 saturated carbocycles. The summed E-state index contributed by atoms with van der Waals surface area (Å²) >= 11 is 0. The molecule has 3 aliphatic rings. The lowest BCUT2D eigenvalue weighted by molar-refractivity contribution is -0.139. The van der Waals surface area contributed by atoms with Crippen molar-refractivity contribution in [1.82, 2.24) is 9.21 Å². The van der Waals surface area contributed by atoms with E-state index in [1.807, 2.05) is 0 Å². The van der Waals surface area contributed by atoms with Gasteiger partial charge < -0.3 is 4.90 Å². The zero-order valence-electron chi connectivity index (χ0n) is 19.8. The summed E-state index contributed by atoms with van der Waals surface area (Å²) in [5.41, 5.74) is 2.70. The molecule has 190 valence electrons. The van der Waals surface area contributed by atoms with Crippen molar-refractivity contribution in [3.8, 4) is 0 Å². The van der Waals surface area contributed by atoms with Crippen LogP contribution in [-0.4, -0.2) is 62.9 Å². The van der Waals surface area contributed by atoms with Crippen LogP contribution in [0.15, 0.2) is 47.4 Å². The summed E-state index contributed by atoms with van der Waals surface area (Å²) in [5, 5.41) is 0. The highest BCUT2D eigenvalue weighted by atomic mass is 32.2. The van der Waals surface area contributed by atoms with Crippen LogP contribution in [0.2, 0.25) is 0 Å². The topological polar surface area (TPSA) is 43.9 Å². The van der Waals surface area contributed by atoms with Crippen LogP contribution in [0.25, 0.3) is 0 Å². The SMILES string of the molecule is O=S(=O)(c1ccccc1C(F)(F)F)N1CCN(c2ccc3c(c2)CCN(C2CCCC2)CC3)CC1. The third-order valence-corrected chi connectivity index (χ3v) is 9.74. The zero-order chi connectivity index (χ0) is 24.6. The number of alkyl halides is 3. The Hall–Kier alpha value is -2.10. The smallest absolute Gasteiger partial charge is 0.369 e. The van der Waals surface area contributed by atoms with E-state index < -0.39 is 26.7 Å². The fourth-order valence-corrected chi connectivity index (χ4v) is 7.45. The number of rotatable bonds is 4. The lowest BCUT2D eigenvalue weighted by Gasteiger charge is -2.36. The van der Waals surface area contributed by atoms with E-state index in [2.05, 4.69) is 28.0 Å². The maximum Gasteiger partial charge on any atom is 0.417 e. The summed E-state index contributed by atoms with van der Waals surface area (Å²) in [5.74, 6) is 0. The van der Waals surface area contributed by atoms with Gasteiger partial charge in [0.15, 0.2) is 0 Å². The first-order chi connectivity index (χ1) is 16.7. The van der Waals surface area contributed by atoms with Crippen LogP contribution in [0.5, 0.6) is 0 Å². The Kier molecular flexibility index (Phi) is 6.85. The second-order valence-corrected chi connectivity index (χ2v) is 11.7. The molecular formula is C26H32F3N3O2S. The van der Waals surface area contributed by atoms with Crippen molar-refractivity contribution in [2.45, 2.75) is 55.6 Å². The summed E-state index contributed by atoms with van der Waals surface area (Å²) in [6.45, 7) is 3.38. The number of sulfonamides is 1. The molecule has 35 heavy (non-hydrogen) atoms. The second kappa shape index (κ2) is 9.75. The number of halogens is 3. The Labute approximate surface area is 205 Å². The van der Waals surface area contributed by atoms with Gasteiger partial charge in [0.25, 0.3) is 0 Å². The average molecular weight is 508 g/mol. The van der Waals surface area contributed by atoms with Crippen LogP contribution in [-0.2, 0) is 29.0 Å². The standard InChI is InChI=1S/C26H32F3N3O2S/c27-26(28,29)24-7-3-4-8-25(24)35(33,34)32-17-15-31(16-18-32)23-10-9-20-11-13-30(14-12-21(20)19-23)22-5-1-2-6-22/h3-4,7-10,19,22H,1-2,5-6,11-18H2. The number of nitrogens with zero attached hydrogens (tertiary/aromatic N) is 3. The highest BCUT2D eigenvalue weighted by Gasteiger charge is 2.39. The molecule has 0 unspecified atom stereocenters. The molecule has 9 heteroatoms. The molecule has 0 amide bonds. The van der Waals surface area contributed by atoms with Crippen molar-refractivity contribution in [2.24, 2.45) is 0 Å². The molecular weight excluding hydrogens is 475 g/mol. The fourth-order valence-electron chi connectivity index (χ4n) is 5.81. The van der Waals surface area contributed by atoms with Crippen molar-refractivity contribution in [3.63, 3.8) is 0 Å². The predicted octanol–water partition coefficient (Wildman–Crippen LogP) is 4.56. The molecule has 1 saturated heterocycles. The maximum absolute atomic E-state index is 13.4. The summed E-state index contributed by atoms with van der Waals surface area (Å²) in [7, 11) is -4.23. The summed E-state index contributed by atoms with van der Waals surface area (Å²) in [6, 6.07) is 11.7. The van der Waals surface area contributed by atoms with Gasteiger partial charge in [-0.2, -0.15) is 17.5 Å². The number of fused-ring (bicyclic) bond motifs is 1. The van der Waals surface area contributed by atoms with E-state index in [0.29, 0.717) is 13.1 Å². The Morgan fingerprint density at radius 2 is 1.46 bits per heavy atom. The highest BCUT2D eigenvalue weighted by Crippen LogP contribution is 2.35. The molecule has 2 aromatic rings. The van der Waals surface area contributed by atoms with Gasteiger partial charge in [0, 0.05) is 51.0 Å². The number of benzene rings is 2. The normalized spacial score (nSPS) is 21.2. The summed E-state index contributed by atoms with van der Waals surface area (Å²) in [4.78, 5) is 4.12. The molecule has 5 rings (SSSR count). The first-order valence-corrected chi connectivity index (χ1v) is 13.9. The van der Waals surface area contributed by atoms with Gasteiger partial charge in [-0.05, 0) is 61.1 Å². The van der Waals surface area contributed by atoms with E-state index in [0.717, 1.165) is 49.8 Å². The predicted molar refractivity (Wildman–Crippen MR) is 130 cm³/mol. The minimum Gasteiger partial charge on any atom is -0.369 e. The Bertz CT molecular complexity index is 1150. The van der Waals surface area contributed by atoms with E-state index in [1.54, 1.807) is 0 Å². The summed E-state index contributed by atoms with van der Waals surface area (Å²) in [6.07, 6.45) is 2.63. The second-order valence-electron chi connectivity index (χ2n) is 9.81. The fraction of sp³-hybridized carbons (Fsp3) is 0.538. The molecule has 0 atom stereocenters. The van der Waals surface area contributed by atoms with Crippen molar-refractivity contribution >= 4 is 15.7 Å². The third kappa shape index (κ3) is 5.08. The van der Waals surface area contributed by atoms with E-state index in [4.69, 9.17) is 0 Å². The van der Waals surface area contributed by atoms with Crippen molar-refractivity contribution in [2.75, 3.05) is 44.2 Å². The molecule has 0 bridgehead atoms. The molecule has 5 nitrogen and oxygen atoms in total. The van der Waals surface area contributed by atoms with Gasteiger partial charge in [-0.3, -0.25) is 4.90 Å². The van der Waals surface area contributed by atoms with Gasteiger partial charge >= 0.3 is 6.18 Å². The van der Waals surface area contributed by atoms with Gasteiger partial charge in [0.2, 0.25) is 10.0 Å². The monoisotopic (exact) mass is 507 g/mol. The van der Waals surface area contributed by atoms with Crippen LogP contribution >= 0.6 is 0 Å². The van der Waals surface area contributed by atoms with E-state index in [1.165, 1.54) is 53.2 Å². The van der Waals surface area contributed by atoms with Gasteiger partial charge in [-0.15, -0.1) is 0 Å².